The first-order valence-electron chi connectivity index (χ1n) is 4.16. The van der Waals surface area contributed by atoms with E-state index < -0.39 is 0 Å². The average Bonchev–Trinajstić information content (AvgIpc) is 2.66. The number of anilines is 1. The Morgan fingerprint density at radius 2 is 2.38 bits per heavy atom. The number of carbonyl (C=O) groups is 1. The van der Waals surface area contributed by atoms with E-state index in [1.807, 2.05) is 11.1 Å². The molecule has 0 spiro atoms. The Balaban J connectivity index is 2.19. The van der Waals surface area contributed by atoms with E-state index in [0.29, 0.717) is 11.5 Å². The van der Waals surface area contributed by atoms with Gasteiger partial charge in [-0.05, 0) is 0 Å². The summed E-state index contributed by atoms with van der Waals surface area (Å²) < 4.78 is 0. The highest BCUT2D eigenvalue weighted by Crippen LogP contribution is 2.25. The molecular formula is C8H8N4O. The van der Waals surface area contributed by atoms with Crippen LogP contribution in [0.25, 0.3) is 0 Å². The van der Waals surface area contributed by atoms with Crippen LogP contribution in [0, 0.1) is 0 Å². The predicted octanol–water partition coefficient (Wildman–Crippen LogP) is -0.0659. The topological polar surface area (TPSA) is 60.5 Å². The van der Waals surface area contributed by atoms with Crippen LogP contribution in [-0.2, 0) is 0 Å². The zero-order valence-electron chi connectivity index (χ0n) is 6.87. The van der Waals surface area contributed by atoms with Crippen LogP contribution in [0.15, 0.2) is 17.4 Å². The molecule has 2 N–H and O–H groups in total. The Labute approximate surface area is 74.5 Å². The first-order valence-corrected chi connectivity index (χ1v) is 4.16. The fraction of sp³-hybridized carbons (Fsp3) is 0.250. The summed E-state index contributed by atoms with van der Waals surface area (Å²) in [7, 11) is 0. The van der Waals surface area contributed by atoms with Crippen LogP contribution in [0.1, 0.15) is 10.4 Å². The Bertz CT molecular complexity index is 406. The van der Waals surface area contributed by atoms with Gasteiger partial charge in [0, 0.05) is 18.9 Å². The molecule has 0 atom stereocenters. The summed E-state index contributed by atoms with van der Waals surface area (Å²) in [6.45, 7) is 1.60. The Kier molecular flexibility index (Phi) is 1.10. The van der Waals surface area contributed by atoms with E-state index in [2.05, 4.69) is 15.3 Å². The van der Waals surface area contributed by atoms with E-state index in [1.165, 1.54) is 0 Å². The predicted molar refractivity (Wildman–Crippen MR) is 47.9 cm³/mol. The number of guanidine groups is 1. The Morgan fingerprint density at radius 3 is 3.31 bits per heavy atom. The minimum atomic E-state index is -0.0758. The largest absolute Gasteiger partial charge is 0.365 e. The molecule has 1 aromatic rings. The SMILES string of the molecule is O=C1NC2=NCCN2c2c[nH]cc21. The van der Waals surface area contributed by atoms with Crippen molar-refractivity contribution in [3.63, 3.8) is 0 Å². The number of hydrogen-bond acceptors (Lipinski definition) is 3. The number of hydrogen-bond donors (Lipinski definition) is 2. The fourth-order valence-electron chi connectivity index (χ4n) is 1.72. The molecule has 0 fully saturated rings. The summed E-state index contributed by atoms with van der Waals surface area (Å²) in [6, 6.07) is 0. The maximum Gasteiger partial charge on any atom is 0.261 e. The van der Waals surface area contributed by atoms with Crippen molar-refractivity contribution in [3.05, 3.63) is 18.0 Å². The fourth-order valence-corrected chi connectivity index (χ4v) is 1.72. The van der Waals surface area contributed by atoms with Crippen LogP contribution in [0.2, 0.25) is 0 Å². The third-order valence-corrected chi connectivity index (χ3v) is 2.33. The number of fused-ring (bicyclic) bond motifs is 3. The van der Waals surface area contributed by atoms with E-state index in [0.717, 1.165) is 18.8 Å². The van der Waals surface area contributed by atoms with Gasteiger partial charge in [-0.2, -0.15) is 0 Å². The maximum absolute atomic E-state index is 11.5. The normalized spacial score (nSPS) is 19.2. The van der Waals surface area contributed by atoms with Gasteiger partial charge in [0.05, 0.1) is 17.8 Å². The first-order chi connectivity index (χ1) is 6.36. The molecule has 1 aromatic heterocycles. The number of aliphatic imine (C=N–C) groups is 1. The van der Waals surface area contributed by atoms with Crippen LogP contribution in [0.5, 0.6) is 0 Å². The second-order valence-electron chi connectivity index (χ2n) is 3.07. The summed E-state index contributed by atoms with van der Waals surface area (Å²) in [5.74, 6) is 0.602. The standard InChI is InChI=1S/C8H8N4O/c13-7-5-3-9-4-6(5)12-2-1-10-8(12)11-7/h3-4,9H,1-2H2,(H,10,11,13). The second kappa shape index (κ2) is 2.12. The highest BCUT2D eigenvalue weighted by molar-refractivity contribution is 6.19. The van der Waals surface area contributed by atoms with E-state index in [1.54, 1.807) is 6.20 Å². The lowest BCUT2D eigenvalue weighted by molar-refractivity contribution is 0.0975. The third kappa shape index (κ3) is 0.756. The van der Waals surface area contributed by atoms with E-state index in [9.17, 15) is 4.79 Å². The molecule has 0 saturated carbocycles. The van der Waals surface area contributed by atoms with Gasteiger partial charge >= 0.3 is 0 Å². The van der Waals surface area contributed by atoms with Crippen molar-refractivity contribution < 1.29 is 4.79 Å². The van der Waals surface area contributed by atoms with Crippen LogP contribution < -0.4 is 10.2 Å². The van der Waals surface area contributed by atoms with E-state index in [-0.39, 0.29) is 5.91 Å². The average molecular weight is 176 g/mol. The van der Waals surface area contributed by atoms with Gasteiger partial charge in [0.25, 0.3) is 5.91 Å². The van der Waals surface area contributed by atoms with Crippen LogP contribution >= 0.6 is 0 Å². The smallest absolute Gasteiger partial charge is 0.261 e. The van der Waals surface area contributed by atoms with Crippen molar-refractivity contribution in [2.45, 2.75) is 0 Å². The van der Waals surface area contributed by atoms with Crippen molar-refractivity contribution >= 4 is 17.6 Å². The van der Waals surface area contributed by atoms with E-state index in [4.69, 9.17) is 0 Å². The van der Waals surface area contributed by atoms with Gasteiger partial charge in [-0.15, -0.1) is 0 Å². The molecule has 5 nitrogen and oxygen atoms in total. The van der Waals surface area contributed by atoms with Gasteiger partial charge in [0.2, 0.25) is 5.96 Å². The summed E-state index contributed by atoms with van der Waals surface area (Å²) in [4.78, 5) is 20.6. The molecule has 5 heteroatoms. The van der Waals surface area contributed by atoms with Gasteiger partial charge in [-0.1, -0.05) is 0 Å². The molecule has 3 rings (SSSR count). The summed E-state index contributed by atoms with van der Waals surface area (Å²) in [5.41, 5.74) is 1.63. The number of aromatic nitrogens is 1. The highest BCUT2D eigenvalue weighted by Gasteiger charge is 2.30. The minimum Gasteiger partial charge on any atom is -0.365 e. The summed E-state index contributed by atoms with van der Waals surface area (Å²) in [5, 5.41) is 2.74. The molecule has 1 amide bonds. The molecule has 13 heavy (non-hydrogen) atoms. The van der Waals surface area contributed by atoms with Crippen LogP contribution in [0.4, 0.5) is 5.69 Å². The highest BCUT2D eigenvalue weighted by atomic mass is 16.2. The first kappa shape index (κ1) is 6.71. The monoisotopic (exact) mass is 176 g/mol. The van der Waals surface area contributed by atoms with Gasteiger partial charge in [0.1, 0.15) is 0 Å². The zero-order chi connectivity index (χ0) is 8.84. The van der Waals surface area contributed by atoms with Crippen LogP contribution in [-0.4, -0.2) is 29.9 Å². The summed E-state index contributed by atoms with van der Waals surface area (Å²) in [6.07, 6.45) is 3.54. The molecule has 0 saturated heterocycles. The molecule has 0 unspecified atom stereocenters. The molecule has 0 aromatic carbocycles. The van der Waals surface area contributed by atoms with Crippen molar-refractivity contribution in [2.75, 3.05) is 18.0 Å². The zero-order valence-corrected chi connectivity index (χ0v) is 6.87. The Morgan fingerprint density at radius 1 is 1.46 bits per heavy atom. The van der Waals surface area contributed by atoms with E-state index >= 15 is 0 Å². The number of aromatic amines is 1. The lowest BCUT2D eigenvalue weighted by atomic mass is 10.2. The molecule has 0 bridgehead atoms. The minimum absolute atomic E-state index is 0.0758. The van der Waals surface area contributed by atoms with Gasteiger partial charge in [-0.25, -0.2) is 0 Å². The van der Waals surface area contributed by atoms with Crippen LogP contribution in [0.3, 0.4) is 0 Å². The number of rotatable bonds is 0. The molecule has 3 heterocycles. The van der Waals surface area contributed by atoms with Crippen molar-refractivity contribution in [1.82, 2.24) is 10.3 Å². The molecule has 0 radical (unpaired) electrons. The third-order valence-electron chi connectivity index (χ3n) is 2.33. The molecule has 0 aliphatic carbocycles. The molecular weight excluding hydrogens is 168 g/mol. The number of H-pyrrole nitrogens is 1. The number of nitrogens with one attached hydrogen (secondary N) is 2. The number of amides is 1. The van der Waals surface area contributed by atoms with Gasteiger partial charge < -0.3 is 9.88 Å². The van der Waals surface area contributed by atoms with Gasteiger partial charge in [0.15, 0.2) is 0 Å². The maximum atomic E-state index is 11.5. The number of nitrogens with zero attached hydrogens (tertiary/aromatic N) is 2. The molecule has 2 aliphatic heterocycles. The van der Waals surface area contributed by atoms with Gasteiger partial charge in [-0.3, -0.25) is 15.1 Å². The van der Waals surface area contributed by atoms with Crippen molar-refractivity contribution in [3.8, 4) is 0 Å². The summed E-state index contributed by atoms with van der Waals surface area (Å²) >= 11 is 0. The van der Waals surface area contributed by atoms with Crippen molar-refractivity contribution in [2.24, 2.45) is 4.99 Å². The second-order valence-corrected chi connectivity index (χ2v) is 3.07. The lowest BCUT2D eigenvalue weighted by Crippen LogP contribution is -2.46. The van der Waals surface area contributed by atoms with Crippen molar-refractivity contribution in [1.29, 1.82) is 0 Å². The Hall–Kier alpha value is -1.78. The lowest BCUT2D eigenvalue weighted by Gasteiger charge is -2.24. The number of carbonyl (C=O) groups excluding carboxylic acids is 1. The molecule has 2 aliphatic rings. The molecule has 66 valence electrons. The quantitative estimate of drug-likeness (QED) is 0.581.